The lowest BCUT2D eigenvalue weighted by molar-refractivity contribution is 0.107. The van der Waals surface area contributed by atoms with Gasteiger partial charge in [0.25, 0.3) is 0 Å². The Kier molecular flexibility index (Phi) is 8.49. The summed E-state index contributed by atoms with van der Waals surface area (Å²) in [6, 6.07) is 7.83. The minimum atomic E-state index is -0.393. The zero-order chi connectivity index (χ0) is 29.4. The maximum Gasteiger partial charge on any atom is 0.350 e. The van der Waals surface area contributed by atoms with E-state index in [1.807, 2.05) is 6.07 Å². The smallest absolute Gasteiger partial charge is 0.350 e. The molecule has 4 aromatic rings. The van der Waals surface area contributed by atoms with Crippen LogP contribution in [0.25, 0.3) is 32.2 Å². The van der Waals surface area contributed by atoms with Crippen LogP contribution in [0.5, 0.6) is 0 Å². The Morgan fingerprint density at radius 1 is 1.26 bits per heavy atom. The number of aromatic nitrogens is 3. The fourth-order valence-corrected chi connectivity index (χ4v) is 7.89. The summed E-state index contributed by atoms with van der Waals surface area (Å²) in [5, 5.41) is 1.51. The minimum Gasteiger partial charge on any atom is -0.383 e. The number of rotatable bonds is 7. The third-order valence-electron chi connectivity index (χ3n) is 7.55. The molecule has 0 amide bonds. The van der Waals surface area contributed by atoms with E-state index >= 15 is 0 Å². The number of benzene rings is 2. The number of thioether (sulfide) groups is 1. The molecule has 1 saturated heterocycles. The summed E-state index contributed by atoms with van der Waals surface area (Å²) in [6.45, 7) is 2.74. The molecule has 2 aliphatic heterocycles. The first-order valence-electron chi connectivity index (χ1n) is 13.5. The number of piperidine rings is 1. The van der Waals surface area contributed by atoms with Crippen molar-refractivity contribution in [1.29, 1.82) is 0 Å². The normalized spacial score (nSPS) is 17.4. The summed E-state index contributed by atoms with van der Waals surface area (Å²) >= 11 is 9.72. The molecule has 0 radical (unpaired) electrons. The van der Waals surface area contributed by atoms with E-state index in [0.717, 1.165) is 40.0 Å². The number of hydrogen-bond donors (Lipinski definition) is 1. The molecule has 2 aromatic heterocycles. The number of aliphatic imine (C=N–C) groups is 2. The highest BCUT2D eigenvalue weighted by atomic mass is 35.5. The average molecular weight is 630 g/mol. The maximum atomic E-state index is 14.7. The molecule has 6 rings (SSSR count). The highest BCUT2D eigenvalue weighted by Crippen LogP contribution is 2.47. The Labute approximate surface area is 254 Å². The van der Waals surface area contributed by atoms with Gasteiger partial charge in [0.2, 0.25) is 0 Å². The molecule has 0 bridgehead atoms. The van der Waals surface area contributed by atoms with Gasteiger partial charge in [-0.25, -0.2) is 24.2 Å². The fourth-order valence-electron chi connectivity index (χ4n) is 5.45. The number of methoxy groups -OCH3 is 2. The lowest BCUT2D eigenvalue weighted by atomic mass is 10.0. The predicted molar refractivity (Wildman–Crippen MR) is 167 cm³/mol. The third kappa shape index (κ3) is 5.41. The van der Waals surface area contributed by atoms with Gasteiger partial charge in [-0.15, -0.1) is 11.8 Å². The van der Waals surface area contributed by atoms with Crippen LogP contribution >= 0.6 is 34.7 Å². The van der Waals surface area contributed by atoms with E-state index in [2.05, 4.69) is 30.9 Å². The summed E-state index contributed by atoms with van der Waals surface area (Å²) in [5.74, 6) is 0.792. The SMILES string of the molecule is COCCN=C=NC1CCN(c2nc(=O)n3c4c(c(-c5ccc(F)c6sc(N)nc56)c(Cl)cc24)SC[C@@H](OC)C3)CC1. The second-order valence-electron chi connectivity index (χ2n) is 10.1. The second-order valence-corrected chi connectivity index (χ2v) is 12.6. The van der Waals surface area contributed by atoms with E-state index in [1.165, 1.54) is 6.07 Å². The molecule has 0 aliphatic carbocycles. The first-order valence-corrected chi connectivity index (χ1v) is 15.7. The fraction of sp³-hybridized carbons (Fsp3) is 0.429. The number of nitrogen functional groups attached to an aromatic ring is 1. The summed E-state index contributed by atoms with van der Waals surface area (Å²) < 4.78 is 27.4. The van der Waals surface area contributed by atoms with Crippen LogP contribution in [0.15, 0.2) is 37.9 Å². The van der Waals surface area contributed by atoms with Gasteiger partial charge >= 0.3 is 5.69 Å². The largest absolute Gasteiger partial charge is 0.383 e. The summed E-state index contributed by atoms with van der Waals surface area (Å²) in [6.07, 6.45) is 1.33. The number of hydrogen-bond acceptors (Lipinski definition) is 11. The van der Waals surface area contributed by atoms with E-state index < -0.39 is 5.82 Å². The zero-order valence-electron chi connectivity index (χ0n) is 23.1. The molecule has 0 saturated carbocycles. The van der Waals surface area contributed by atoms with Gasteiger partial charge in [0.1, 0.15) is 11.6 Å². The topological polar surface area (TPSA) is 120 Å². The third-order valence-corrected chi connectivity index (χ3v) is 9.96. The Balaban J connectivity index is 1.47. The van der Waals surface area contributed by atoms with Crippen LogP contribution in [0.3, 0.4) is 0 Å². The van der Waals surface area contributed by atoms with Crippen molar-refractivity contribution in [1.82, 2.24) is 14.5 Å². The number of ether oxygens (including phenoxy) is 2. The summed E-state index contributed by atoms with van der Waals surface area (Å²) in [4.78, 5) is 34.2. The Hall–Kier alpha value is -3.06. The van der Waals surface area contributed by atoms with Gasteiger partial charge in [-0.05, 0) is 31.0 Å². The van der Waals surface area contributed by atoms with Gasteiger partial charge in [-0.2, -0.15) is 4.98 Å². The number of fused-ring (bicyclic) bond motifs is 1. The molecule has 0 unspecified atom stereocenters. The van der Waals surface area contributed by atoms with Crippen molar-refractivity contribution in [3.8, 4) is 11.1 Å². The molecule has 4 heterocycles. The monoisotopic (exact) mass is 629 g/mol. The van der Waals surface area contributed by atoms with Crippen LogP contribution < -0.4 is 16.3 Å². The van der Waals surface area contributed by atoms with E-state index in [9.17, 15) is 9.18 Å². The van der Waals surface area contributed by atoms with Crippen molar-refractivity contribution in [2.75, 3.05) is 56.8 Å². The van der Waals surface area contributed by atoms with E-state index in [4.69, 9.17) is 26.8 Å². The van der Waals surface area contributed by atoms with Gasteiger partial charge in [0, 0.05) is 54.5 Å². The lowest BCUT2D eigenvalue weighted by Crippen LogP contribution is -2.38. The van der Waals surface area contributed by atoms with Crippen molar-refractivity contribution in [3.63, 3.8) is 0 Å². The molecular weight excluding hydrogens is 601 g/mol. The Bertz CT molecular complexity index is 1780. The van der Waals surface area contributed by atoms with Crippen molar-refractivity contribution >= 4 is 72.8 Å². The molecule has 2 aliphatic rings. The van der Waals surface area contributed by atoms with Gasteiger partial charge < -0.3 is 20.1 Å². The van der Waals surface area contributed by atoms with Crippen LogP contribution in [0.2, 0.25) is 5.02 Å². The lowest BCUT2D eigenvalue weighted by Gasteiger charge is -2.32. The van der Waals surface area contributed by atoms with Gasteiger partial charge in [0.15, 0.2) is 5.13 Å². The molecular formula is C28H29ClFN7O3S2. The molecule has 10 nitrogen and oxygen atoms in total. The zero-order valence-corrected chi connectivity index (χ0v) is 25.5. The van der Waals surface area contributed by atoms with Crippen LogP contribution in [-0.4, -0.2) is 78.9 Å². The van der Waals surface area contributed by atoms with Gasteiger partial charge in [-0.3, -0.25) is 4.57 Å². The molecule has 1 fully saturated rings. The molecule has 14 heteroatoms. The summed E-state index contributed by atoms with van der Waals surface area (Å²) in [5.41, 5.74) is 8.16. The van der Waals surface area contributed by atoms with Crippen LogP contribution in [0.1, 0.15) is 12.8 Å². The number of halogens is 2. The molecule has 2 N–H and O–H groups in total. The predicted octanol–water partition coefficient (Wildman–Crippen LogP) is 4.96. The van der Waals surface area contributed by atoms with Gasteiger partial charge in [0.05, 0.1) is 58.6 Å². The van der Waals surface area contributed by atoms with Crippen LogP contribution in [0.4, 0.5) is 15.3 Å². The maximum absolute atomic E-state index is 14.7. The quantitative estimate of drug-likeness (QED) is 0.225. The molecule has 1 atom stereocenters. The van der Waals surface area contributed by atoms with E-state index in [-0.39, 0.29) is 23.0 Å². The van der Waals surface area contributed by atoms with Crippen LogP contribution in [-0.2, 0) is 16.0 Å². The van der Waals surface area contributed by atoms with Crippen LogP contribution in [0, 0.1) is 5.82 Å². The molecule has 220 valence electrons. The molecule has 0 spiro atoms. The number of thiazole rings is 1. The van der Waals surface area contributed by atoms with Crippen molar-refractivity contribution in [3.05, 3.63) is 39.5 Å². The Morgan fingerprint density at radius 3 is 2.83 bits per heavy atom. The first kappa shape index (κ1) is 29.0. The van der Waals surface area contributed by atoms with Crippen molar-refractivity contribution in [2.24, 2.45) is 9.98 Å². The highest BCUT2D eigenvalue weighted by Gasteiger charge is 2.30. The van der Waals surface area contributed by atoms with Gasteiger partial charge in [-0.1, -0.05) is 22.9 Å². The molecule has 2 aromatic carbocycles. The molecule has 42 heavy (non-hydrogen) atoms. The minimum absolute atomic E-state index is 0.0939. The number of nitrogens with two attached hydrogens (primary N) is 1. The van der Waals surface area contributed by atoms with E-state index in [0.29, 0.717) is 70.7 Å². The number of anilines is 2. The second kappa shape index (κ2) is 12.3. The standard InChI is InChI=1S/C28H29ClFN7O3S2/c1-39-10-7-32-14-33-15-5-8-36(9-6-15)26-18-11-19(29)21(17-3-4-20(30)24-22(17)34-27(31)42-24)25-23(18)37(28(38)35-26)12-16(40-2)13-41-25/h3-4,11,15-16H,5-10,12-13H2,1-2H3,(H2,31,34)/t16-/m0/s1. The first-order chi connectivity index (χ1) is 20.4. The average Bonchev–Trinajstić information content (AvgIpc) is 3.28. The highest BCUT2D eigenvalue weighted by molar-refractivity contribution is 7.99. The van der Waals surface area contributed by atoms with Crippen molar-refractivity contribution in [2.45, 2.75) is 36.4 Å². The Morgan fingerprint density at radius 2 is 2.07 bits per heavy atom. The van der Waals surface area contributed by atoms with Crippen molar-refractivity contribution < 1.29 is 13.9 Å². The number of nitrogens with zero attached hydrogens (tertiary/aromatic N) is 6. The van der Waals surface area contributed by atoms with E-state index in [1.54, 1.807) is 36.6 Å². The summed E-state index contributed by atoms with van der Waals surface area (Å²) in [7, 11) is 3.27.